The predicted octanol–water partition coefficient (Wildman–Crippen LogP) is 3.17. The molecule has 12 heteroatoms. The number of carbonyl (C=O) groups is 3. The van der Waals surface area contributed by atoms with Crippen molar-refractivity contribution in [2.75, 3.05) is 13.7 Å². The molecule has 1 aromatic rings. The van der Waals surface area contributed by atoms with Crippen LogP contribution in [-0.2, 0) is 25.3 Å². The van der Waals surface area contributed by atoms with Crippen molar-refractivity contribution in [1.29, 1.82) is 0 Å². The molecule has 210 valence electrons. The van der Waals surface area contributed by atoms with Gasteiger partial charge in [-0.05, 0) is 61.0 Å². The summed E-state index contributed by atoms with van der Waals surface area (Å²) in [4.78, 5) is 38.0. The van der Waals surface area contributed by atoms with Crippen molar-refractivity contribution in [2.45, 2.75) is 76.4 Å². The van der Waals surface area contributed by atoms with Crippen molar-refractivity contribution in [1.82, 2.24) is 21.3 Å². The minimum absolute atomic E-state index is 0.0460. The van der Waals surface area contributed by atoms with E-state index >= 15 is 0 Å². The summed E-state index contributed by atoms with van der Waals surface area (Å²) in [6.07, 6.45) is 0.0908. The summed E-state index contributed by atoms with van der Waals surface area (Å²) in [5.41, 5.74) is -0.665. The number of ether oxygens (including phenoxy) is 1. The van der Waals surface area contributed by atoms with Crippen LogP contribution in [0.15, 0.2) is 35.7 Å². The lowest BCUT2D eigenvalue weighted by molar-refractivity contribution is -0.125. The molecule has 1 heterocycles. The highest BCUT2D eigenvalue weighted by molar-refractivity contribution is 6.74. The van der Waals surface area contributed by atoms with E-state index in [4.69, 9.17) is 9.16 Å². The van der Waals surface area contributed by atoms with Gasteiger partial charge in [0.15, 0.2) is 8.32 Å². The van der Waals surface area contributed by atoms with Crippen molar-refractivity contribution in [3.05, 3.63) is 47.1 Å². The van der Waals surface area contributed by atoms with Gasteiger partial charge in [0.1, 0.15) is 17.7 Å². The summed E-state index contributed by atoms with van der Waals surface area (Å²) in [6.45, 7) is 11.4. The summed E-state index contributed by atoms with van der Waals surface area (Å²) in [5, 5.41) is 21.5. The first kappa shape index (κ1) is 29.4. The maximum Gasteiger partial charge on any atom is 0.407 e. The molecule has 5 N–H and O–H groups in total. The van der Waals surface area contributed by atoms with Gasteiger partial charge in [0.25, 0.3) is 11.8 Å². The number of carbonyl (C=O) groups excluding carboxylic acids is 3. The molecule has 1 saturated carbocycles. The summed E-state index contributed by atoms with van der Waals surface area (Å²) in [7, 11) is -0.742. The highest BCUT2D eigenvalue weighted by Crippen LogP contribution is 2.41. The number of aliphatic hydroxyl groups excluding tert-OH is 1. The fourth-order valence-corrected chi connectivity index (χ4v) is 5.54. The minimum atomic E-state index is -2.00. The molecule has 0 saturated heterocycles. The van der Waals surface area contributed by atoms with Crippen molar-refractivity contribution >= 4 is 26.2 Å². The SMILES string of the molecule is COC(=O)N[C@]1(C2NC(=O)C(O)=C(C(=O)NCc3ccc(F)cc3)N2)CC[C@@H](CO[Si](C)(C)C(C)(C)C)C1. The molecule has 1 aliphatic heterocycles. The van der Waals surface area contributed by atoms with Gasteiger partial charge in [0.05, 0.1) is 12.6 Å². The number of rotatable bonds is 8. The van der Waals surface area contributed by atoms with Gasteiger partial charge in [-0.15, -0.1) is 0 Å². The van der Waals surface area contributed by atoms with Gasteiger partial charge in [-0.2, -0.15) is 0 Å². The van der Waals surface area contributed by atoms with Gasteiger partial charge in [-0.1, -0.05) is 32.9 Å². The first-order chi connectivity index (χ1) is 17.7. The van der Waals surface area contributed by atoms with Gasteiger partial charge < -0.3 is 35.5 Å². The van der Waals surface area contributed by atoms with Crippen LogP contribution in [0, 0.1) is 11.7 Å². The molecule has 0 spiro atoms. The number of benzene rings is 1. The van der Waals surface area contributed by atoms with E-state index in [9.17, 15) is 23.9 Å². The van der Waals surface area contributed by atoms with Gasteiger partial charge in [-0.3, -0.25) is 9.59 Å². The average Bonchev–Trinajstić information content (AvgIpc) is 3.27. The molecule has 1 unspecified atom stereocenters. The Morgan fingerprint density at radius 1 is 1.21 bits per heavy atom. The number of alkyl carbamates (subject to hydrolysis) is 1. The number of methoxy groups -OCH3 is 1. The highest BCUT2D eigenvalue weighted by atomic mass is 28.4. The second kappa shape index (κ2) is 11.3. The lowest BCUT2D eigenvalue weighted by Gasteiger charge is -2.41. The minimum Gasteiger partial charge on any atom is -0.501 e. The quantitative estimate of drug-likeness (QED) is 0.314. The van der Waals surface area contributed by atoms with E-state index in [0.29, 0.717) is 31.4 Å². The Hall–Kier alpha value is -3.12. The molecule has 3 amide bonds. The predicted molar refractivity (Wildman–Crippen MR) is 142 cm³/mol. The Balaban J connectivity index is 1.76. The Morgan fingerprint density at radius 2 is 1.87 bits per heavy atom. The van der Waals surface area contributed by atoms with E-state index in [1.165, 1.54) is 31.4 Å². The largest absolute Gasteiger partial charge is 0.501 e. The fraction of sp³-hybridized carbons (Fsp3) is 0.577. The Morgan fingerprint density at radius 3 is 2.47 bits per heavy atom. The summed E-state index contributed by atoms with van der Waals surface area (Å²) in [5.74, 6) is -2.62. The third-order valence-corrected chi connectivity index (χ3v) is 12.3. The molecule has 1 aromatic carbocycles. The maximum absolute atomic E-state index is 13.2. The number of hydrogen-bond donors (Lipinski definition) is 5. The standard InChI is InChI=1S/C26H39FN4O6Si/c1-25(2,3)38(5,6)37-15-17-11-12-26(13-17,31-24(35)36-4)23-29-19(20(32)22(34)30-23)21(33)28-14-16-7-9-18(27)10-8-16/h7-10,17,23,29,32H,11-15H2,1-6H3,(H,28,33)(H,30,34)(H,31,35)/t17-,23?,26-/m1/s1. The molecule has 3 atom stereocenters. The second-order valence-corrected chi connectivity index (χ2v) is 16.3. The van der Waals surface area contributed by atoms with Crippen molar-refractivity contribution in [2.24, 2.45) is 5.92 Å². The zero-order chi connectivity index (χ0) is 28.3. The molecule has 0 radical (unpaired) electrons. The normalized spacial score (nSPS) is 23.9. The average molecular weight is 551 g/mol. The molecule has 38 heavy (non-hydrogen) atoms. The van der Waals surface area contributed by atoms with Crippen LogP contribution in [0.25, 0.3) is 0 Å². The molecular formula is C26H39FN4O6Si. The fourth-order valence-electron chi connectivity index (χ4n) is 4.45. The van der Waals surface area contributed by atoms with E-state index in [1.54, 1.807) is 0 Å². The molecular weight excluding hydrogens is 511 g/mol. The van der Waals surface area contributed by atoms with E-state index < -0.39 is 49.5 Å². The third-order valence-electron chi connectivity index (χ3n) is 7.84. The lowest BCUT2D eigenvalue weighted by atomic mass is 9.90. The second-order valence-electron chi connectivity index (χ2n) is 11.5. The van der Waals surface area contributed by atoms with Crippen LogP contribution in [0.3, 0.4) is 0 Å². The van der Waals surface area contributed by atoms with Crippen LogP contribution in [0.2, 0.25) is 18.1 Å². The van der Waals surface area contributed by atoms with Gasteiger partial charge in [0.2, 0.25) is 5.76 Å². The van der Waals surface area contributed by atoms with Crippen molar-refractivity contribution in [3.8, 4) is 0 Å². The maximum atomic E-state index is 13.2. The van der Waals surface area contributed by atoms with Crippen LogP contribution in [0.1, 0.15) is 45.6 Å². The van der Waals surface area contributed by atoms with Crippen LogP contribution in [0.5, 0.6) is 0 Å². The number of amides is 3. The molecule has 0 aromatic heterocycles. The monoisotopic (exact) mass is 550 g/mol. The number of nitrogens with one attached hydrogen (secondary N) is 4. The van der Waals surface area contributed by atoms with Crippen molar-refractivity contribution < 1.29 is 33.0 Å². The highest BCUT2D eigenvalue weighted by Gasteiger charge is 2.50. The van der Waals surface area contributed by atoms with Crippen LogP contribution in [-0.4, -0.2) is 56.8 Å². The molecule has 0 bridgehead atoms. The lowest BCUT2D eigenvalue weighted by Crippen LogP contribution is -2.69. The number of hydrogen-bond acceptors (Lipinski definition) is 7. The van der Waals surface area contributed by atoms with E-state index in [1.807, 2.05) is 0 Å². The number of aliphatic hydroxyl groups is 1. The third kappa shape index (κ3) is 6.65. The zero-order valence-corrected chi connectivity index (χ0v) is 23.9. The topological polar surface area (TPSA) is 138 Å². The molecule has 1 fully saturated rings. The van der Waals surface area contributed by atoms with Gasteiger partial charge in [-0.25, -0.2) is 9.18 Å². The smallest absolute Gasteiger partial charge is 0.407 e. The molecule has 3 rings (SSSR count). The molecule has 10 nitrogen and oxygen atoms in total. The van der Waals surface area contributed by atoms with E-state index in [0.717, 1.165) is 0 Å². The Bertz CT molecular complexity index is 1090. The summed E-state index contributed by atoms with van der Waals surface area (Å²) >= 11 is 0. The van der Waals surface area contributed by atoms with Gasteiger partial charge in [0, 0.05) is 13.2 Å². The van der Waals surface area contributed by atoms with Crippen LogP contribution < -0.4 is 21.3 Å². The Labute approximate surface area is 223 Å². The first-order valence-electron chi connectivity index (χ1n) is 12.7. The summed E-state index contributed by atoms with van der Waals surface area (Å²) < 4.78 is 24.4. The van der Waals surface area contributed by atoms with Crippen LogP contribution >= 0.6 is 0 Å². The first-order valence-corrected chi connectivity index (χ1v) is 15.6. The Kier molecular flexibility index (Phi) is 8.77. The van der Waals surface area contributed by atoms with Crippen LogP contribution in [0.4, 0.5) is 9.18 Å². The number of halogens is 1. The van der Waals surface area contributed by atoms with E-state index in [2.05, 4.69) is 55.1 Å². The van der Waals surface area contributed by atoms with Crippen molar-refractivity contribution in [3.63, 3.8) is 0 Å². The molecule has 1 aliphatic carbocycles. The van der Waals surface area contributed by atoms with E-state index in [-0.39, 0.29) is 23.2 Å². The zero-order valence-electron chi connectivity index (χ0n) is 22.9. The van der Waals surface area contributed by atoms with Gasteiger partial charge >= 0.3 is 6.09 Å². The summed E-state index contributed by atoms with van der Waals surface area (Å²) in [6, 6.07) is 5.59. The molecule has 2 aliphatic rings.